The topological polar surface area (TPSA) is 61.4 Å². The van der Waals surface area contributed by atoms with Crippen LogP contribution in [0.3, 0.4) is 0 Å². The van der Waals surface area contributed by atoms with E-state index in [9.17, 15) is 9.90 Å². The Kier molecular flexibility index (Phi) is 5.49. The third kappa shape index (κ3) is 4.44. The molecule has 0 atom stereocenters. The first-order valence-electron chi connectivity index (χ1n) is 5.93. The van der Waals surface area contributed by atoms with E-state index >= 15 is 0 Å². The molecule has 1 rings (SSSR count). The van der Waals surface area contributed by atoms with Gasteiger partial charge >= 0.3 is 0 Å². The lowest BCUT2D eigenvalue weighted by Crippen LogP contribution is -2.32. The van der Waals surface area contributed by atoms with Crippen LogP contribution in [0.1, 0.15) is 29.3 Å². The van der Waals surface area contributed by atoms with Crippen molar-refractivity contribution < 1.29 is 9.90 Å². The second kappa shape index (κ2) is 6.91. The minimum Gasteiger partial charge on any atom is -0.508 e. The largest absolute Gasteiger partial charge is 0.508 e. The van der Waals surface area contributed by atoms with Crippen LogP contribution in [0.15, 0.2) is 18.2 Å². The predicted octanol–water partition coefficient (Wildman–Crippen LogP) is 1.43. The Bertz CT molecular complexity index is 378. The van der Waals surface area contributed by atoms with Crippen molar-refractivity contribution in [2.45, 2.75) is 20.3 Å². The number of amides is 1. The average molecular weight is 236 g/mol. The summed E-state index contributed by atoms with van der Waals surface area (Å²) in [5, 5.41) is 15.3. The van der Waals surface area contributed by atoms with E-state index in [0.717, 1.165) is 25.1 Å². The number of aromatic hydroxyl groups is 1. The average Bonchev–Trinajstić information content (AvgIpc) is 2.28. The molecular weight excluding hydrogens is 216 g/mol. The maximum atomic E-state index is 11.8. The van der Waals surface area contributed by atoms with Gasteiger partial charge in [-0.3, -0.25) is 4.79 Å². The van der Waals surface area contributed by atoms with Crippen LogP contribution in [0.2, 0.25) is 0 Å². The quantitative estimate of drug-likeness (QED) is 0.655. The summed E-state index contributed by atoms with van der Waals surface area (Å²) in [6, 6.07) is 4.75. The number of aryl methyl sites for hydroxylation is 1. The molecule has 0 aliphatic heterocycles. The number of rotatable bonds is 6. The van der Waals surface area contributed by atoms with Crippen molar-refractivity contribution in [3.8, 4) is 5.75 Å². The Morgan fingerprint density at radius 2 is 2.06 bits per heavy atom. The van der Waals surface area contributed by atoms with E-state index in [0.29, 0.717) is 12.1 Å². The van der Waals surface area contributed by atoms with Gasteiger partial charge < -0.3 is 15.7 Å². The van der Waals surface area contributed by atoms with Crippen LogP contribution < -0.4 is 10.6 Å². The van der Waals surface area contributed by atoms with Crippen molar-refractivity contribution in [1.29, 1.82) is 0 Å². The number of benzene rings is 1. The van der Waals surface area contributed by atoms with Gasteiger partial charge in [-0.15, -0.1) is 0 Å². The van der Waals surface area contributed by atoms with Crippen molar-refractivity contribution in [2.75, 3.05) is 19.6 Å². The standard InChI is InChI=1S/C13H20N2O2/c1-3-6-14-7-8-15-13(17)12-5-4-11(16)9-10(12)2/h4-5,9,14,16H,3,6-8H2,1-2H3,(H,15,17). The monoisotopic (exact) mass is 236 g/mol. The number of phenols is 1. The second-order valence-electron chi connectivity index (χ2n) is 4.01. The van der Waals surface area contributed by atoms with Crippen LogP contribution in [-0.4, -0.2) is 30.6 Å². The molecule has 0 saturated heterocycles. The zero-order chi connectivity index (χ0) is 12.7. The first-order valence-corrected chi connectivity index (χ1v) is 5.93. The van der Waals surface area contributed by atoms with Gasteiger partial charge in [-0.2, -0.15) is 0 Å². The fourth-order valence-corrected chi connectivity index (χ4v) is 1.56. The molecule has 0 aromatic heterocycles. The Morgan fingerprint density at radius 1 is 1.29 bits per heavy atom. The van der Waals surface area contributed by atoms with Gasteiger partial charge in [0.25, 0.3) is 5.91 Å². The zero-order valence-corrected chi connectivity index (χ0v) is 10.4. The second-order valence-corrected chi connectivity index (χ2v) is 4.01. The molecule has 17 heavy (non-hydrogen) atoms. The van der Waals surface area contributed by atoms with E-state index in [4.69, 9.17) is 0 Å². The molecular formula is C13H20N2O2. The minimum absolute atomic E-state index is 0.0965. The van der Waals surface area contributed by atoms with Gasteiger partial charge in [-0.05, 0) is 43.7 Å². The van der Waals surface area contributed by atoms with Gasteiger partial charge in [-0.1, -0.05) is 6.92 Å². The molecule has 0 aliphatic rings. The fraction of sp³-hybridized carbons (Fsp3) is 0.462. The van der Waals surface area contributed by atoms with Gasteiger partial charge in [0.1, 0.15) is 5.75 Å². The molecule has 0 bridgehead atoms. The lowest BCUT2D eigenvalue weighted by atomic mass is 10.1. The smallest absolute Gasteiger partial charge is 0.251 e. The van der Waals surface area contributed by atoms with Crippen molar-refractivity contribution in [1.82, 2.24) is 10.6 Å². The van der Waals surface area contributed by atoms with Crippen LogP contribution in [0.25, 0.3) is 0 Å². The molecule has 4 heteroatoms. The highest BCUT2D eigenvalue weighted by atomic mass is 16.3. The lowest BCUT2D eigenvalue weighted by molar-refractivity contribution is 0.0953. The van der Waals surface area contributed by atoms with E-state index in [1.807, 2.05) is 6.92 Å². The first-order chi connectivity index (χ1) is 8.15. The number of carbonyl (C=O) groups excluding carboxylic acids is 1. The number of carbonyl (C=O) groups is 1. The number of phenolic OH excluding ortho intramolecular Hbond substituents is 1. The molecule has 0 unspecified atom stereocenters. The van der Waals surface area contributed by atoms with Gasteiger partial charge in [0, 0.05) is 18.7 Å². The molecule has 1 amide bonds. The first kappa shape index (κ1) is 13.5. The molecule has 0 fully saturated rings. The molecule has 3 N–H and O–H groups in total. The molecule has 0 saturated carbocycles. The van der Waals surface area contributed by atoms with E-state index in [1.165, 1.54) is 6.07 Å². The molecule has 0 spiro atoms. The number of hydrogen-bond acceptors (Lipinski definition) is 3. The summed E-state index contributed by atoms with van der Waals surface area (Å²) in [6.45, 7) is 6.26. The normalized spacial score (nSPS) is 10.2. The van der Waals surface area contributed by atoms with Crippen molar-refractivity contribution in [3.05, 3.63) is 29.3 Å². The highest BCUT2D eigenvalue weighted by molar-refractivity contribution is 5.95. The van der Waals surface area contributed by atoms with Gasteiger partial charge in [0.15, 0.2) is 0 Å². The van der Waals surface area contributed by atoms with Crippen LogP contribution in [0, 0.1) is 6.92 Å². The minimum atomic E-state index is -0.0965. The molecule has 1 aromatic carbocycles. The van der Waals surface area contributed by atoms with Gasteiger partial charge in [0.05, 0.1) is 0 Å². The summed E-state index contributed by atoms with van der Waals surface area (Å²) in [7, 11) is 0. The third-order valence-corrected chi connectivity index (χ3v) is 2.47. The van der Waals surface area contributed by atoms with E-state index in [-0.39, 0.29) is 11.7 Å². The third-order valence-electron chi connectivity index (χ3n) is 2.47. The van der Waals surface area contributed by atoms with E-state index < -0.39 is 0 Å². The lowest BCUT2D eigenvalue weighted by Gasteiger charge is -2.08. The maximum Gasteiger partial charge on any atom is 0.251 e. The highest BCUT2D eigenvalue weighted by Crippen LogP contribution is 2.15. The van der Waals surface area contributed by atoms with E-state index in [1.54, 1.807) is 12.1 Å². The summed E-state index contributed by atoms with van der Waals surface area (Å²) < 4.78 is 0. The Hall–Kier alpha value is -1.55. The molecule has 0 aliphatic carbocycles. The van der Waals surface area contributed by atoms with Crippen LogP contribution in [0.4, 0.5) is 0 Å². The summed E-state index contributed by atoms with van der Waals surface area (Å²) in [6.07, 6.45) is 1.09. The SMILES string of the molecule is CCCNCCNC(=O)c1ccc(O)cc1C. The summed E-state index contributed by atoms with van der Waals surface area (Å²) >= 11 is 0. The molecule has 94 valence electrons. The van der Waals surface area contributed by atoms with E-state index in [2.05, 4.69) is 17.6 Å². The molecule has 0 heterocycles. The Balaban J connectivity index is 2.42. The van der Waals surface area contributed by atoms with Crippen molar-refractivity contribution >= 4 is 5.91 Å². The number of hydrogen-bond donors (Lipinski definition) is 3. The van der Waals surface area contributed by atoms with Crippen molar-refractivity contribution in [2.24, 2.45) is 0 Å². The summed E-state index contributed by atoms with van der Waals surface area (Å²) in [5.74, 6) is 0.0875. The number of nitrogens with one attached hydrogen (secondary N) is 2. The molecule has 0 radical (unpaired) electrons. The van der Waals surface area contributed by atoms with Gasteiger partial charge in [0.2, 0.25) is 0 Å². The van der Waals surface area contributed by atoms with Gasteiger partial charge in [-0.25, -0.2) is 0 Å². The maximum absolute atomic E-state index is 11.8. The molecule has 1 aromatic rings. The Morgan fingerprint density at radius 3 is 2.71 bits per heavy atom. The summed E-state index contributed by atoms with van der Waals surface area (Å²) in [5.41, 5.74) is 1.39. The van der Waals surface area contributed by atoms with Crippen molar-refractivity contribution in [3.63, 3.8) is 0 Å². The zero-order valence-electron chi connectivity index (χ0n) is 10.4. The Labute approximate surface area is 102 Å². The van der Waals surface area contributed by atoms with Crippen LogP contribution in [0.5, 0.6) is 5.75 Å². The highest BCUT2D eigenvalue weighted by Gasteiger charge is 2.08. The predicted molar refractivity (Wildman–Crippen MR) is 68.3 cm³/mol. The molecule has 4 nitrogen and oxygen atoms in total. The van der Waals surface area contributed by atoms with Crippen LogP contribution in [-0.2, 0) is 0 Å². The summed E-state index contributed by atoms with van der Waals surface area (Å²) in [4.78, 5) is 11.8. The van der Waals surface area contributed by atoms with Crippen LogP contribution >= 0.6 is 0 Å². The fourth-order valence-electron chi connectivity index (χ4n) is 1.56.